The van der Waals surface area contributed by atoms with Gasteiger partial charge >= 0.3 is 0 Å². The minimum atomic E-state index is 0.0168. The summed E-state index contributed by atoms with van der Waals surface area (Å²) in [5, 5.41) is 4.15. The molecule has 1 N–H and O–H groups in total. The zero-order valence-corrected chi connectivity index (χ0v) is 13.5. The molecule has 0 aromatic heterocycles. The lowest BCUT2D eigenvalue weighted by Crippen LogP contribution is -2.45. The molecule has 21 heavy (non-hydrogen) atoms. The van der Waals surface area contributed by atoms with Crippen molar-refractivity contribution in [2.75, 3.05) is 19.6 Å². The number of rotatable bonds is 4. The molecule has 1 aliphatic carbocycles. The third kappa shape index (κ3) is 3.20. The summed E-state index contributed by atoms with van der Waals surface area (Å²) in [6.07, 6.45) is 4.75. The first-order valence-electron chi connectivity index (χ1n) is 7.62. The smallest absolute Gasteiger partial charge is 0.255 e. The monoisotopic (exact) mass is 326 g/mol. The summed E-state index contributed by atoms with van der Waals surface area (Å²) < 4.78 is 0. The van der Waals surface area contributed by atoms with Crippen LogP contribution in [-0.2, 0) is 0 Å². The number of hydrogen-bond acceptors (Lipinski definition) is 2. The molecule has 1 amide bonds. The number of amides is 1. The highest BCUT2D eigenvalue weighted by atomic mass is 35.5. The van der Waals surface area contributed by atoms with Crippen LogP contribution >= 0.6 is 23.2 Å². The average molecular weight is 327 g/mol. The molecule has 1 aromatic carbocycles. The largest absolute Gasteiger partial charge is 0.334 e. The molecular formula is C16H20Cl2N2O. The molecule has 3 nitrogen and oxygen atoms in total. The predicted octanol–water partition coefficient (Wildman–Crippen LogP) is 3.60. The highest BCUT2D eigenvalue weighted by molar-refractivity contribution is 6.43. The molecule has 2 aliphatic rings. The van der Waals surface area contributed by atoms with Crippen LogP contribution in [0.25, 0.3) is 0 Å². The average Bonchev–Trinajstić information content (AvgIpc) is 2.94. The van der Waals surface area contributed by atoms with Crippen molar-refractivity contribution in [1.29, 1.82) is 0 Å². The second kappa shape index (κ2) is 6.55. The second-order valence-electron chi connectivity index (χ2n) is 6.00. The molecule has 0 unspecified atom stereocenters. The number of nitrogens with zero attached hydrogens (tertiary/aromatic N) is 1. The maximum Gasteiger partial charge on any atom is 0.255 e. The lowest BCUT2D eigenvalue weighted by molar-refractivity contribution is 0.0616. The van der Waals surface area contributed by atoms with Gasteiger partial charge in [-0.2, -0.15) is 0 Å². The Kier molecular flexibility index (Phi) is 4.72. The first-order chi connectivity index (χ1) is 10.2. The van der Waals surface area contributed by atoms with Crippen LogP contribution in [0.4, 0.5) is 0 Å². The first-order valence-corrected chi connectivity index (χ1v) is 8.38. The standard InChI is InChI=1S/C16H20Cl2N2O/c17-14-6-2-5-13(15(14)18)16(21)20(10-11-3-1-4-11)12-7-8-19-9-12/h2,5-6,11-12,19H,1,3-4,7-10H2/t12-/m0/s1. The van der Waals surface area contributed by atoms with Gasteiger partial charge in [0.25, 0.3) is 5.91 Å². The topological polar surface area (TPSA) is 32.3 Å². The van der Waals surface area contributed by atoms with Gasteiger partial charge in [0.05, 0.1) is 15.6 Å². The van der Waals surface area contributed by atoms with Gasteiger partial charge in [0, 0.05) is 19.1 Å². The van der Waals surface area contributed by atoms with Gasteiger partial charge in [-0.05, 0) is 43.9 Å². The van der Waals surface area contributed by atoms with Gasteiger partial charge in [-0.15, -0.1) is 0 Å². The Morgan fingerprint density at radius 2 is 2.10 bits per heavy atom. The van der Waals surface area contributed by atoms with E-state index in [9.17, 15) is 4.79 Å². The summed E-state index contributed by atoms with van der Waals surface area (Å²) in [6, 6.07) is 5.55. The summed E-state index contributed by atoms with van der Waals surface area (Å²) in [7, 11) is 0. The van der Waals surface area contributed by atoms with E-state index in [1.54, 1.807) is 18.2 Å². The molecular weight excluding hydrogens is 307 g/mol. The van der Waals surface area contributed by atoms with Crippen LogP contribution in [0.15, 0.2) is 18.2 Å². The van der Waals surface area contributed by atoms with Crippen molar-refractivity contribution in [1.82, 2.24) is 10.2 Å². The molecule has 1 heterocycles. The van der Waals surface area contributed by atoms with E-state index in [0.29, 0.717) is 21.5 Å². The molecule has 1 saturated carbocycles. The molecule has 1 aromatic rings. The molecule has 0 bridgehead atoms. The van der Waals surface area contributed by atoms with Crippen LogP contribution in [0.1, 0.15) is 36.0 Å². The Labute approximate surface area is 135 Å². The third-order valence-electron chi connectivity index (χ3n) is 4.60. The molecule has 114 valence electrons. The van der Waals surface area contributed by atoms with Crippen molar-refractivity contribution in [2.45, 2.75) is 31.7 Å². The van der Waals surface area contributed by atoms with Crippen molar-refractivity contribution in [3.05, 3.63) is 33.8 Å². The fourth-order valence-electron chi connectivity index (χ4n) is 3.08. The number of carbonyl (C=O) groups is 1. The van der Waals surface area contributed by atoms with Gasteiger partial charge in [-0.25, -0.2) is 0 Å². The predicted molar refractivity (Wildman–Crippen MR) is 86.1 cm³/mol. The van der Waals surface area contributed by atoms with E-state index in [0.717, 1.165) is 26.1 Å². The summed E-state index contributed by atoms with van der Waals surface area (Å²) >= 11 is 12.3. The van der Waals surface area contributed by atoms with Gasteiger partial charge in [0.1, 0.15) is 0 Å². The highest BCUT2D eigenvalue weighted by Gasteiger charge is 2.32. The number of benzene rings is 1. The molecule has 1 aliphatic heterocycles. The van der Waals surface area contributed by atoms with Crippen molar-refractivity contribution < 1.29 is 4.79 Å². The van der Waals surface area contributed by atoms with E-state index in [1.165, 1.54) is 19.3 Å². The third-order valence-corrected chi connectivity index (χ3v) is 5.42. The number of carbonyl (C=O) groups excluding carboxylic acids is 1. The number of hydrogen-bond donors (Lipinski definition) is 1. The van der Waals surface area contributed by atoms with Gasteiger partial charge in [-0.1, -0.05) is 35.7 Å². The van der Waals surface area contributed by atoms with E-state index < -0.39 is 0 Å². The fraction of sp³-hybridized carbons (Fsp3) is 0.562. The Morgan fingerprint density at radius 3 is 2.71 bits per heavy atom. The summed E-state index contributed by atoms with van der Waals surface area (Å²) in [6.45, 7) is 2.69. The van der Waals surface area contributed by atoms with Crippen molar-refractivity contribution in [2.24, 2.45) is 5.92 Å². The van der Waals surface area contributed by atoms with Crippen molar-refractivity contribution >= 4 is 29.1 Å². The summed E-state index contributed by atoms with van der Waals surface area (Å²) in [5.74, 6) is 0.663. The van der Waals surface area contributed by atoms with Crippen molar-refractivity contribution in [3.8, 4) is 0 Å². The maximum atomic E-state index is 12.9. The van der Waals surface area contributed by atoms with Crippen LogP contribution < -0.4 is 5.32 Å². The van der Waals surface area contributed by atoms with Gasteiger partial charge < -0.3 is 10.2 Å². The van der Waals surface area contributed by atoms with Crippen LogP contribution in [0.2, 0.25) is 10.0 Å². The molecule has 0 spiro atoms. The van der Waals surface area contributed by atoms with Gasteiger partial charge in [-0.3, -0.25) is 4.79 Å². The van der Waals surface area contributed by atoms with E-state index in [-0.39, 0.29) is 11.9 Å². The SMILES string of the molecule is O=C(c1cccc(Cl)c1Cl)N(CC1CCC1)[C@H]1CCNC1. The Balaban J connectivity index is 1.83. The van der Waals surface area contributed by atoms with Crippen LogP contribution in [0.3, 0.4) is 0 Å². The van der Waals surface area contributed by atoms with Crippen LogP contribution in [0, 0.1) is 5.92 Å². The van der Waals surface area contributed by atoms with E-state index in [2.05, 4.69) is 5.32 Å². The van der Waals surface area contributed by atoms with Crippen LogP contribution in [-0.4, -0.2) is 36.5 Å². The fourth-order valence-corrected chi connectivity index (χ4v) is 3.46. The normalized spacial score (nSPS) is 22.1. The zero-order chi connectivity index (χ0) is 14.8. The van der Waals surface area contributed by atoms with Gasteiger partial charge in [0.2, 0.25) is 0 Å². The molecule has 5 heteroatoms. The first kappa shape index (κ1) is 15.1. The summed E-state index contributed by atoms with van der Waals surface area (Å²) in [4.78, 5) is 15.0. The van der Waals surface area contributed by atoms with E-state index >= 15 is 0 Å². The molecule has 0 radical (unpaired) electrons. The Morgan fingerprint density at radius 1 is 1.29 bits per heavy atom. The van der Waals surface area contributed by atoms with E-state index in [1.807, 2.05) is 4.90 Å². The van der Waals surface area contributed by atoms with Crippen molar-refractivity contribution in [3.63, 3.8) is 0 Å². The second-order valence-corrected chi connectivity index (χ2v) is 6.79. The lowest BCUT2D eigenvalue weighted by atomic mass is 9.84. The summed E-state index contributed by atoms with van der Waals surface area (Å²) in [5.41, 5.74) is 0.524. The number of nitrogens with one attached hydrogen (secondary N) is 1. The molecule has 1 saturated heterocycles. The minimum absolute atomic E-state index is 0.0168. The minimum Gasteiger partial charge on any atom is -0.334 e. The Hall–Kier alpha value is -0.770. The van der Waals surface area contributed by atoms with E-state index in [4.69, 9.17) is 23.2 Å². The molecule has 1 atom stereocenters. The Bertz CT molecular complexity index is 525. The zero-order valence-electron chi connectivity index (χ0n) is 11.9. The molecule has 2 fully saturated rings. The van der Waals surface area contributed by atoms with Gasteiger partial charge in [0.15, 0.2) is 0 Å². The quantitative estimate of drug-likeness (QED) is 0.916. The highest BCUT2D eigenvalue weighted by Crippen LogP contribution is 2.31. The number of halogens is 2. The lowest BCUT2D eigenvalue weighted by Gasteiger charge is -2.36. The maximum absolute atomic E-state index is 12.9. The molecule has 3 rings (SSSR count). The van der Waals surface area contributed by atoms with Crippen LogP contribution in [0.5, 0.6) is 0 Å².